The number of hydrogen-bond acceptors (Lipinski definition) is 4. The maximum atomic E-state index is 11.8. The number of thiazole rings is 1. The van der Waals surface area contributed by atoms with Crippen molar-refractivity contribution < 1.29 is 4.79 Å². The Kier molecular flexibility index (Phi) is 5.07. The zero-order valence-corrected chi connectivity index (χ0v) is 11.8. The Morgan fingerprint density at radius 2 is 2.17 bits per heavy atom. The summed E-state index contributed by atoms with van der Waals surface area (Å²) in [5.74, 6) is -0.0346. The normalized spacial score (nSPS) is 12.2. The number of carbonyl (C=O) groups excluding carboxylic acids is 1. The van der Waals surface area contributed by atoms with E-state index in [0.29, 0.717) is 0 Å². The lowest BCUT2D eigenvalue weighted by molar-refractivity contribution is -0.118. The quantitative estimate of drug-likeness (QED) is 0.911. The first-order valence-electron chi connectivity index (χ1n) is 5.47. The molecule has 6 heteroatoms. The molecular weight excluding hydrogens is 270 g/mol. The van der Waals surface area contributed by atoms with Gasteiger partial charge in [-0.2, -0.15) is 0 Å². The fourth-order valence-corrected chi connectivity index (χ4v) is 2.12. The van der Waals surface area contributed by atoms with Crippen molar-refractivity contribution in [2.24, 2.45) is 11.7 Å². The minimum Gasteiger partial charge on any atom is -0.325 e. The zero-order chi connectivity index (χ0) is 12.4. The molecule has 2 rings (SSSR count). The number of anilines is 1. The monoisotopic (exact) mass is 285 g/mol. The average Bonchev–Trinajstić information content (AvgIpc) is 2.74. The van der Waals surface area contributed by atoms with Crippen molar-refractivity contribution in [1.29, 1.82) is 0 Å². The van der Waals surface area contributed by atoms with Crippen LogP contribution in [-0.4, -0.2) is 16.9 Å². The van der Waals surface area contributed by atoms with Gasteiger partial charge in [-0.15, -0.1) is 23.7 Å². The van der Waals surface area contributed by atoms with E-state index in [9.17, 15) is 4.79 Å². The van der Waals surface area contributed by atoms with E-state index in [1.807, 2.05) is 32.0 Å². The lowest BCUT2D eigenvalue weighted by Gasteiger charge is -2.15. The van der Waals surface area contributed by atoms with Crippen LogP contribution in [-0.2, 0) is 4.79 Å². The standard InChI is InChI=1S/C12H15N3OS.ClH/c1-7(2)11(13)12(16)15-8-3-4-10-9(5-8)14-6-17-10;/h3-7,11H,13H2,1-2H3,(H,15,16);1H/t11-;/m0./s1. The van der Waals surface area contributed by atoms with E-state index in [1.54, 1.807) is 16.8 Å². The first kappa shape index (κ1) is 14.9. The van der Waals surface area contributed by atoms with Gasteiger partial charge in [0, 0.05) is 5.69 Å². The minimum absolute atomic E-state index is 0. The van der Waals surface area contributed by atoms with Crippen LogP contribution in [0.3, 0.4) is 0 Å². The third-order valence-electron chi connectivity index (χ3n) is 2.62. The van der Waals surface area contributed by atoms with E-state index in [0.717, 1.165) is 15.9 Å². The Labute approximate surface area is 116 Å². The van der Waals surface area contributed by atoms with Gasteiger partial charge in [0.15, 0.2) is 0 Å². The number of amides is 1. The number of rotatable bonds is 3. The van der Waals surface area contributed by atoms with Gasteiger partial charge in [-0.25, -0.2) is 4.98 Å². The van der Waals surface area contributed by atoms with E-state index in [-0.39, 0.29) is 24.2 Å². The molecule has 3 N–H and O–H groups in total. The molecule has 1 atom stereocenters. The van der Waals surface area contributed by atoms with E-state index >= 15 is 0 Å². The van der Waals surface area contributed by atoms with Crippen LogP contribution in [0.1, 0.15) is 13.8 Å². The predicted octanol–water partition coefficient (Wildman–Crippen LogP) is 2.64. The number of aromatic nitrogens is 1. The second-order valence-electron chi connectivity index (χ2n) is 4.29. The number of carbonyl (C=O) groups is 1. The third kappa shape index (κ3) is 3.19. The van der Waals surface area contributed by atoms with Crippen LogP contribution >= 0.6 is 23.7 Å². The Bertz CT molecular complexity index is 541. The molecule has 0 aliphatic rings. The van der Waals surface area contributed by atoms with Crippen LogP contribution < -0.4 is 11.1 Å². The first-order chi connectivity index (χ1) is 8.08. The summed E-state index contributed by atoms with van der Waals surface area (Å²) in [4.78, 5) is 16.0. The lowest BCUT2D eigenvalue weighted by atomic mass is 10.0. The van der Waals surface area contributed by atoms with Gasteiger partial charge in [-0.1, -0.05) is 13.8 Å². The Hall–Kier alpha value is -1.17. The van der Waals surface area contributed by atoms with Gasteiger partial charge >= 0.3 is 0 Å². The second kappa shape index (κ2) is 6.13. The van der Waals surface area contributed by atoms with E-state index in [4.69, 9.17) is 5.73 Å². The highest BCUT2D eigenvalue weighted by molar-refractivity contribution is 7.16. The van der Waals surface area contributed by atoms with Gasteiger partial charge in [0.05, 0.1) is 21.8 Å². The maximum absolute atomic E-state index is 11.8. The van der Waals surface area contributed by atoms with Crippen molar-refractivity contribution in [2.75, 3.05) is 5.32 Å². The molecule has 98 valence electrons. The second-order valence-corrected chi connectivity index (χ2v) is 5.18. The molecular formula is C12H16ClN3OS. The molecule has 18 heavy (non-hydrogen) atoms. The van der Waals surface area contributed by atoms with Gasteiger partial charge in [0.1, 0.15) is 0 Å². The largest absolute Gasteiger partial charge is 0.325 e. The summed E-state index contributed by atoms with van der Waals surface area (Å²) in [5, 5.41) is 2.81. The fraction of sp³-hybridized carbons (Fsp3) is 0.333. The highest BCUT2D eigenvalue weighted by Gasteiger charge is 2.17. The minimum atomic E-state index is -0.485. The molecule has 2 aromatic rings. The topological polar surface area (TPSA) is 68.0 Å². The average molecular weight is 286 g/mol. The summed E-state index contributed by atoms with van der Waals surface area (Å²) in [6.07, 6.45) is 0. The first-order valence-corrected chi connectivity index (χ1v) is 6.35. The van der Waals surface area contributed by atoms with Crippen molar-refractivity contribution in [2.45, 2.75) is 19.9 Å². The lowest BCUT2D eigenvalue weighted by Crippen LogP contribution is -2.39. The van der Waals surface area contributed by atoms with Crippen LogP contribution in [0.15, 0.2) is 23.7 Å². The molecule has 0 spiro atoms. The molecule has 1 heterocycles. The van der Waals surface area contributed by atoms with Crippen LogP contribution in [0.2, 0.25) is 0 Å². The van der Waals surface area contributed by atoms with Crippen LogP contribution in [0, 0.1) is 5.92 Å². The van der Waals surface area contributed by atoms with E-state index in [2.05, 4.69) is 10.3 Å². The molecule has 0 fully saturated rings. The Morgan fingerprint density at radius 1 is 1.44 bits per heavy atom. The van der Waals surface area contributed by atoms with Crippen molar-refractivity contribution in [3.05, 3.63) is 23.7 Å². The summed E-state index contributed by atoms with van der Waals surface area (Å²) in [6.45, 7) is 3.85. The van der Waals surface area contributed by atoms with Crippen LogP contribution in [0.4, 0.5) is 5.69 Å². The number of nitrogens with one attached hydrogen (secondary N) is 1. The molecule has 4 nitrogen and oxygen atoms in total. The van der Waals surface area contributed by atoms with Gasteiger partial charge < -0.3 is 11.1 Å². The molecule has 1 amide bonds. The van der Waals surface area contributed by atoms with Gasteiger partial charge in [0.25, 0.3) is 0 Å². The van der Waals surface area contributed by atoms with Crippen LogP contribution in [0.5, 0.6) is 0 Å². The molecule has 1 aromatic heterocycles. The SMILES string of the molecule is CC(C)[C@H](N)C(=O)Nc1ccc2scnc2c1.Cl. The molecule has 0 unspecified atom stereocenters. The summed E-state index contributed by atoms with van der Waals surface area (Å²) in [6, 6.07) is 5.19. The highest BCUT2D eigenvalue weighted by Crippen LogP contribution is 2.21. The number of nitrogens with two attached hydrogens (primary N) is 1. The number of hydrogen-bond donors (Lipinski definition) is 2. The van der Waals surface area contributed by atoms with Crippen molar-refractivity contribution in [3.63, 3.8) is 0 Å². The molecule has 0 bridgehead atoms. The Morgan fingerprint density at radius 3 is 2.83 bits per heavy atom. The van der Waals surface area contributed by atoms with E-state index < -0.39 is 6.04 Å². The summed E-state index contributed by atoms with van der Waals surface area (Å²) < 4.78 is 1.11. The summed E-state index contributed by atoms with van der Waals surface area (Å²) >= 11 is 1.58. The summed E-state index contributed by atoms with van der Waals surface area (Å²) in [5.41, 5.74) is 9.20. The van der Waals surface area contributed by atoms with Gasteiger partial charge in [-0.05, 0) is 24.1 Å². The number of benzene rings is 1. The Balaban J connectivity index is 0.00000162. The zero-order valence-electron chi connectivity index (χ0n) is 10.2. The molecule has 0 aliphatic heterocycles. The van der Waals surface area contributed by atoms with Gasteiger partial charge in [0.2, 0.25) is 5.91 Å². The number of halogens is 1. The smallest absolute Gasteiger partial charge is 0.241 e. The number of nitrogens with zero attached hydrogens (tertiary/aromatic N) is 1. The van der Waals surface area contributed by atoms with Crippen molar-refractivity contribution >= 4 is 45.6 Å². The molecule has 0 saturated carbocycles. The van der Waals surface area contributed by atoms with Crippen LogP contribution in [0.25, 0.3) is 10.2 Å². The highest BCUT2D eigenvalue weighted by atomic mass is 35.5. The molecule has 0 saturated heterocycles. The molecule has 0 aliphatic carbocycles. The van der Waals surface area contributed by atoms with Crippen molar-refractivity contribution in [3.8, 4) is 0 Å². The van der Waals surface area contributed by atoms with Gasteiger partial charge in [-0.3, -0.25) is 4.79 Å². The number of fused-ring (bicyclic) bond motifs is 1. The molecule has 1 aromatic carbocycles. The van der Waals surface area contributed by atoms with Crippen molar-refractivity contribution in [1.82, 2.24) is 4.98 Å². The summed E-state index contributed by atoms with van der Waals surface area (Å²) in [7, 11) is 0. The predicted molar refractivity (Wildman–Crippen MR) is 78.3 cm³/mol. The van der Waals surface area contributed by atoms with E-state index in [1.165, 1.54) is 0 Å². The maximum Gasteiger partial charge on any atom is 0.241 e. The third-order valence-corrected chi connectivity index (χ3v) is 3.43. The fourth-order valence-electron chi connectivity index (χ4n) is 1.46. The molecule has 0 radical (unpaired) electrons.